The molecular formula is C20H12ClF5N4OS. The Morgan fingerprint density at radius 1 is 0.969 bits per heavy atom. The van der Waals surface area contributed by atoms with E-state index in [2.05, 4.69) is 19.6 Å². The molecule has 0 aliphatic heterocycles. The summed E-state index contributed by atoms with van der Waals surface area (Å²) in [6.45, 7) is 0.218. The van der Waals surface area contributed by atoms with E-state index in [4.69, 9.17) is 11.6 Å². The Kier molecular flexibility index (Phi) is 6.20. The van der Waals surface area contributed by atoms with E-state index in [1.807, 2.05) is 0 Å². The van der Waals surface area contributed by atoms with Crippen molar-refractivity contribution >= 4 is 23.4 Å². The highest BCUT2D eigenvalue weighted by atomic mass is 35.5. The molecule has 0 saturated carbocycles. The molecule has 166 valence electrons. The van der Waals surface area contributed by atoms with Gasteiger partial charge in [-0.05, 0) is 29.5 Å². The molecule has 4 rings (SSSR count). The van der Waals surface area contributed by atoms with Crippen LogP contribution in [0, 0.1) is 0 Å². The van der Waals surface area contributed by atoms with Crippen LogP contribution >= 0.6 is 23.4 Å². The van der Waals surface area contributed by atoms with Crippen molar-refractivity contribution < 1.29 is 26.5 Å². The Bertz CT molecular complexity index is 1210. The number of aromatic nitrogens is 4. The lowest BCUT2D eigenvalue weighted by molar-refractivity contribution is -0.159. The van der Waals surface area contributed by atoms with Crippen LogP contribution in [0.1, 0.15) is 11.5 Å². The number of thioether (sulfide) groups is 1. The second-order valence-electron chi connectivity index (χ2n) is 6.54. The van der Waals surface area contributed by atoms with Crippen LogP contribution in [-0.2, 0) is 12.7 Å². The molecule has 0 N–H and O–H groups in total. The topological polar surface area (TPSA) is 56.7 Å². The number of hydrogen-bond acceptors (Lipinski definition) is 5. The van der Waals surface area contributed by atoms with Crippen molar-refractivity contribution in [2.75, 3.05) is 0 Å². The zero-order valence-corrected chi connectivity index (χ0v) is 17.4. The minimum atomic E-state index is -4.73. The third-order valence-corrected chi connectivity index (χ3v) is 5.27. The average Bonchev–Trinajstić information content (AvgIpc) is 3.37. The molecule has 5 nitrogen and oxygen atoms in total. The Hall–Kier alpha value is -2.92. The van der Waals surface area contributed by atoms with Crippen molar-refractivity contribution in [1.29, 1.82) is 0 Å². The molecule has 0 amide bonds. The van der Waals surface area contributed by atoms with Gasteiger partial charge in [0.15, 0.2) is 5.16 Å². The first-order chi connectivity index (χ1) is 15.2. The predicted octanol–water partition coefficient (Wildman–Crippen LogP) is 6.64. The van der Waals surface area contributed by atoms with Gasteiger partial charge in [0.25, 0.3) is 5.76 Å². The first-order valence-electron chi connectivity index (χ1n) is 8.97. The third kappa shape index (κ3) is 5.10. The number of halogens is 6. The second kappa shape index (κ2) is 8.91. The van der Waals surface area contributed by atoms with Gasteiger partial charge in [-0.15, -0.1) is 0 Å². The molecule has 4 aromatic rings. The van der Waals surface area contributed by atoms with Crippen molar-refractivity contribution in [2.45, 2.75) is 23.6 Å². The lowest BCUT2D eigenvalue weighted by atomic mass is 10.1. The number of rotatable bonds is 6. The maximum atomic E-state index is 13.0. The van der Waals surface area contributed by atoms with E-state index in [1.54, 1.807) is 47.2 Å². The van der Waals surface area contributed by atoms with Crippen molar-refractivity contribution in [2.24, 2.45) is 0 Å². The van der Waals surface area contributed by atoms with Crippen molar-refractivity contribution in [3.8, 4) is 22.6 Å². The van der Waals surface area contributed by atoms with Crippen LogP contribution in [0.5, 0.6) is 0 Å². The summed E-state index contributed by atoms with van der Waals surface area (Å²) < 4.78 is 69.7. The van der Waals surface area contributed by atoms with Gasteiger partial charge in [0.05, 0.1) is 5.69 Å². The number of imidazole rings is 1. The number of benzene rings is 2. The van der Waals surface area contributed by atoms with Crippen LogP contribution in [0.4, 0.5) is 22.0 Å². The van der Waals surface area contributed by atoms with Crippen LogP contribution in [0.15, 0.2) is 64.4 Å². The monoisotopic (exact) mass is 486 g/mol. The molecule has 0 spiro atoms. The minimum absolute atomic E-state index is 0.127. The van der Waals surface area contributed by atoms with E-state index >= 15 is 0 Å². The highest BCUT2D eigenvalue weighted by molar-refractivity contribution is 7.99. The molecule has 12 heteroatoms. The second-order valence-corrected chi connectivity index (χ2v) is 7.93. The molecule has 2 heterocycles. The first kappa shape index (κ1) is 22.3. The summed E-state index contributed by atoms with van der Waals surface area (Å²) >= 11 is 6.21. The predicted molar refractivity (Wildman–Crippen MR) is 108 cm³/mol. The van der Waals surface area contributed by atoms with Gasteiger partial charge in [0, 0.05) is 28.9 Å². The van der Waals surface area contributed by atoms with Gasteiger partial charge in [-0.25, -0.2) is 4.98 Å². The quantitative estimate of drug-likeness (QED) is 0.226. The van der Waals surface area contributed by atoms with Gasteiger partial charge in [0.1, 0.15) is 0 Å². The molecule has 0 aliphatic rings. The first-order valence-corrected chi connectivity index (χ1v) is 10.2. The largest absolute Gasteiger partial charge is 0.471 e. The third-order valence-electron chi connectivity index (χ3n) is 4.31. The fraction of sp³-hybridized carbons (Fsp3) is 0.150. The van der Waals surface area contributed by atoms with Gasteiger partial charge >= 0.3 is 12.1 Å². The Morgan fingerprint density at radius 2 is 1.62 bits per heavy atom. The summed E-state index contributed by atoms with van der Waals surface area (Å²) in [6, 6.07) is 13.2. The van der Waals surface area contributed by atoms with Gasteiger partial charge in [-0.3, -0.25) is 0 Å². The molecule has 2 aromatic heterocycles. The summed E-state index contributed by atoms with van der Waals surface area (Å²) in [6.07, 6.45) is -3.08. The van der Waals surface area contributed by atoms with Crippen LogP contribution < -0.4 is 0 Å². The molecular weight excluding hydrogens is 475 g/mol. The fourth-order valence-electron chi connectivity index (χ4n) is 2.86. The molecule has 0 atom stereocenters. The maximum absolute atomic E-state index is 13.0. The van der Waals surface area contributed by atoms with Gasteiger partial charge in [-0.2, -0.15) is 26.9 Å². The zero-order chi connectivity index (χ0) is 22.9. The highest BCUT2D eigenvalue weighted by Gasteiger charge is 2.38. The van der Waals surface area contributed by atoms with Gasteiger partial charge < -0.3 is 9.09 Å². The standard InChI is InChI=1S/C20H12ClF5N4OS/c21-14-7-5-12(6-8-14)15-10-30(19(27-15)32-18(22)23)9-11-1-3-13(4-2-11)16-28-17(31-29-16)20(24,25)26/h1-8,10,18H,9H2. The molecule has 0 unspecified atom stereocenters. The molecule has 0 bridgehead atoms. The van der Waals surface area contributed by atoms with E-state index in [-0.39, 0.29) is 17.5 Å². The summed E-state index contributed by atoms with van der Waals surface area (Å²) in [5, 5.41) is 4.01. The number of alkyl halides is 5. The maximum Gasteiger partial charge on any atom is 0.471 e. The Balaban J connectivity index is 1.57. The highest BCUT2D eigenvalue weighted by Crippen LogP contribution is 2.31. The van der Waals surface area contributed by atoms with Crippen molar-refractivity contribution in [3.63, 3.8) is 0 Å². The average molecular weight is 487 g/mol. The van der Waals surface area contributed by atoms with E-state index < -0.39 is 17.8 Å². The Morgan fingerprint density at radius 3 is 2.22 bits per heavy atom. The Labute approximate surface area is 187 Å². The van der Waals surface area contributed by atoms with Crippen LogP contribution in [-0.4, -0.2) is 25.4 Å². The van der Waals surface area contributed by atoms with Gasteiger partial charge in [0.2, 0.25) is 5.82 Å². The molecule has 0 radical (unpaired) electrons. The van der Waals surface area contributed by atoms with E-state index in [0.29, 0.717) is 33.6 Å². The van der Waals surface area contributed by atoms with Crippen molar-refractivity contribution in [3.05, 3.63) is 71.2 Å². The molecule has 0 aliphatic carbocycles. The number of hydrogen-bond donors (Lipinski definition) is 0. The normalized spacial score (nSPS) is 12.0. The molecule has 0 saturated heterocycles. The lowest BCUT2D eigenvalue weighted by Gasteiger charge is -2.07. The number of nitrogens with zero attached hydrogens (tertiary/aromatic N) is 4. The SMILES string of the molecule is FC(F)Sc1nc(-c2ccc(Cl)cc2)cn1Cc1ccc(-c2noc(C(F)(F)F)n2)cc1. The van der Waals surface area contributed by atoms with Crippen LogP contribution in [0.25, 0.3) is 22.6 Å². The minimum Gasteiger partial charge on any atom is -0.329 e. The fourth-order valence-corrected chi connectivity index (χ4v) is 3.55. The summed E-state index contributed by atoms with van der Waals surface area (Å²) in [5.74, 6) is -4.29. The summed E-state index contributed by atoms with van der Waals surface area (Å²) in [7, 11) is 0. The molecule has 2 aromatic carbocycles. The zero-order valence-electron chi connectivity index (χ0n) is 15.9. The smallest absolute Gasteiger partial charge is 0.329 e. The summed E-state index contributed by atoms with van der Waals surface area (Å²) in [5.41, 5.74) is 2.26. The lowest BCUT2D eigenvalue weighted by Crippen LogP contribution is -2.04. The van der Waals surface area contributed by atoms with Crippen molar-refractivity contribution in [1.82, 2.24) is 19.7 Å². The summed E-state index contributed by atoms with van der Waals surface area (Å²) in [4.78, 5) is 7.64. The van der Waals surface area contributed by atoms with Crippen LogP contribution in [0.2, 0.25) is 5.02 Å². The van der Waals surface area contributed by atoms with E-state index in [9.17, 15) is 22.0 Å². The van der Waals surface area contributed by atoms with Gasteiger partial charge in [-0.1, -0.05) is 53.2 Å². The van der Waals surface area contributed by atoms with Crippen LogP contribution in [0.3, 0.4) is 0 Å². The molecule has 0 fully saturated rings. The molecule has 32 heavy (non-hydrogen) atoms. The van der Waals surface area contributed by atoms with E-state index in [0.717, 1.165) is 5.56 Å². The van der Waals surface area contributed by atoms with E-state index in [1.165, 1.54) is 12.1 Å².